The molecule has 10 rings (SSSR count). The van der Waals surface area contributed by atoms with Gasteiger partial charge in [0.15, 0.2) is 5.72 Å². The molecule has 0 aliphatic carbocycles. The summed E-state index contributed by atoms with van der Waals surface area (Å²) in [4.78, 5) is 53.9. The number of carbonyl (C=O) groups is 4. The normalized spacial score (nSPS) is 20.9. The van der Waals surface area contributed by atoms with Gasteiger partial charge >= 0.3 is 5.97 Å². The highest BCUT2D eigenvalue weighted by molar-refractivity contribution is 6.31. The lowest BCUT2D eigenvalue weighted by atomic mass is 9.88. The van der Waals surface area contributed by atoms with Crippen LogP contribution in [0.25, 0.3) is 55.8 Å². The summed E-state index contributed by atoms with van der Waals surface area (Å²) in [5.74, 6) is -1.76. The van der Waals surface area contributed by atoms with Crippen LogP contribution in [0.15, 0.2) is 109 Å². The number of ether oxygens (including phenoxy) is 2. The van der Waals surface area contributed by atoms with Crippen LogP contribution < -0.4 is 16.0 Å². The predicted molar refractivity (Wildman–Crippen MR) is 217 cm³/mol. The molecule has 3 aliphatic rings. The Morgan fingerprint density at radius 2 is 1.40 bits per heavy atom. The number of rotatable bonds is 7. The number of benzene rings is 5. The second-order valence-electron chi connectivity index (χ2n) is 14.7. The zero-order chi connectivity index (χ0) is 39.2. The number of nitrogens with one attached hydrogen (secondary N) is 3. The first-order valence-electron chi connectivity index (χ1n) is 18.6. The van der Waals surface area contributed by atoms with Crippen molar-refractivity contribution in [1.29, 1.82) is 0 Å². The molecular formula is C45H35N5O7. The second kappa shape index (κ2) is 12.5. The van der Waals surface area contributed by atoms with E-state index in [4.69, 9.17) is 9.47 Å². The van der Waals surface area contributed by atoms with Crippen LogP contribution in [0.5, 0.6) is 0 Å². The van der Waals surface area contributed by atoms with Crippen LogP contribution >= 0.6 is 0 Å². The van der Waals surface area contributed by atoms with Gasteiger partial charge in [-0.3, -0.25) is 14.4 Å². The van der Waals surface area contributed by atoms with Crippen molar-refractivity contribution in [2.24, 2.45) is 0 Å². The Kier molecular flexibility index (Phi) is 7.56. The summed E-state index contributed by atoms with van der Waals surface area (Å²) in [6, 6.07) is 29.9. The molecule has 12 heteroatoms. The van der Waals surface area contributed by atoms with Gasteiger partial charge in [0.2, 0.25) is 17.4 Å². The molecule has 12 nitrogen and oxygen atoms in total. The fourth-order valence-electron chi connectivity index (χ4n) is 8.99. The zero-order valence-electron chi connectivity index (χ0n) is 30.8. The number of aliphatic hydroxyl groups is 1. The molecule has 282 valence electrons. The molecule has 4 N–H and O–H groups in total. The van der Waals surface area contributed by atoms with Crippen molar-refractivity contribution in [2.45, 2.75) is 37.4 Å². The van der Waals surface area contributed by atoms with Crippen molar-refractivity contribution in [3.63, 3.8) is 0 Å². The molecule has 0 radical (unpaired) electrons. The van der Waals surface area contributed by atoms with Crippen LogP contribution in [-0.2, 0) is 36.1 Å². The summed E-state index contributed by atoms with van der Waals surface area (Å²) in [6.07, 6.45) is 5.38. The highest BCUT2D eigenvalue weighted by Gasteiger charge is 2.66. The number of anilines is 2. The SMILES string of the molecule is COC(=O)C1(O)CC2OC1(C)n1c3ccc(NC(=O)/C=C/c4ccccc4)cc3c3c4c(c5c6cc(NC(=O)/C=C/c7ccccc7)ccc6n2c5c31)C(=O)NC4. The van der Waals surface area contributed by atoms with Crippen molar-refractivity contribution in [3.05, 3.63) is 131 Å². The first-order chi connectivity index (χ1) is 27.6. The lowest BCUT2D eigenvalue weighted by molar-refractivity contribution is -0.202. The van der Waals surface area contributed by atoms with Gasteiger partial charge in [0.25, 0.3) is 5.91 Å². The molecule has 0 spiro atoms. The van der Waals surface area contributed by atoms with Crippen LogP contribution in [0.4, 0.5) is 11.4 Å². The minimum atomic E-state index is -2.13. The van der Waals surface area contributed by atoms with E-state index in [0.717, 1.165) is 22.1 Å². The van der Waals surface area contributed by atoms with Crippen LogP contribution in [0.2, 0.25) is 0 Å². The minimum absolute atomic E-state index is 0.149. The van der Waals surface area contributed by atoms with E-state index in [2.05, 4.69) is 16.0 Å². The second-order valence-corrected chi connectivity index (χ2v) is 14.7. The lowest BCUT2D eigenvalue weighted by Crippen LogP contribution is -2.56. The topological polar surface area (TPSA) is 153 Å². The number of fused-ring (bicyclic) bond motifs is 13. The Morgan fingerprint density at radius 1 is 0.825 bits per heavy atom. The fourth-order valence-corrected chi connectivity index (χ4v) is 8.99. The number of methoxy groups -OCH3 is 1. The first kappa shape index (κ1) is 34.5. The molecule has 1 saturated heterocycles. The van der Waals surface area contributed by atoms with E-state index in [1.807, 2.05) is 94.1 Å². The van der Waals surface area contributed by atoms with E-state index in [-0.39, 0.29) is 30.7 Å². The molecular weight excluding hydrogens is 723 g/mol. The number of amides is 3. The molecule has 2 aromatic heterocycles. The molecule has 3 atom stereocenters. The smallest absolute Gasteiger partial charge is 0.343 e. The maximum Gasteiger partial charge on any atom is 0.343 e. The number of carbonyl (C=O) groups excluding carboxylic acids is 4. The third-order valence-electron chi connectivity index (χ3n) is 11.5. The Bertz CT molecular complexity index is 2970. The summed E-state index contributed by atoms with van der Waals surface area (Å²) < 4.78 is 15.9. The molecule has 3 unspecified atom stereocenters. The van der Waals surface area contributed by atoms with Gasteiger partial charge in [-0.05, 0) is 72.2 Å². The summed E-state index contributed by atoms with van der Waals surface area (Å²) in [6.45, 7) is 1.90. The Morgan fingerprint density at radius 3 is 2.00 bits per heavy atom. The maximum absolute atomic E-state index is 14.0. The van der Waals surface area contributed by atoms with Gasteiger partial charge < -0.3 is 39.7 Å². The van der Waals surface area contributed by atoms with Crippen molar-refractivity contribution in [2.75, 3.05) is 17.7 Å². The Balaban J connectivity index is 1.20. The molecule has 1 fully saturated rings. The van der Waals surface area contributed by atoms with E-state index < -0.39 is 23.5 Å². The predicted octanol–water partition coefficient (Wildman–Crippen LogP) is 6.96. The molecule has 5 heterocycles. The first-order valence-corrected chi connectivity index (χ1v) is 18.6. The van der Waals surface area contributed by atoms with Crippen LogP contribution in [0.1, 0.15) is 46.6 Å². The van der Waals surface area contributed by atoms with Gasteiger partial charge in [-0.15, -0.1) is 0 Å². The van der Waals surface area contributed by atoms with Crippen LogP contribution in [-0.4, -0.2) is 50.6 Å². The summed E-state index contributed by atoms with van der Waals surface area (Å²) in [7, 11) is 1.23. The highest BCUT2D eigenvalue weighted by atomic mass is 16.6. The number of hydrogen-bond donors (Lipinski definition) is 4. The third kappa shape index (κ3) is 5.00. The maximum atomic E-state index is 14.0. The molecule has 0 saturated carbocycles. The zero-order valence-corrected chi connectivity index (χ0v) is 30.8. The molecule has 7 aromatic rings. The lowest BCUT2D eigenvalue weighted by Gasteiger charge is -2.37. The van der Waals surface area contributed by atoms with Gasteiger partial charge in [0.05, 0.1) is 34.7 Å². The minimum Gasteiger partial charge on any atom is -0.467 e. The van der Waals surface area contributed by atoms with E-state index in [9.17, 15) is 24.3 Å². The Labute approximate surface area is 325 Å². The summed E-state index contributed by atoms with van der Waals surface area (Å²) in [5, 5.41) is 24.2. The van der Waals surface area contributed by atoms with Crippen LogP contribution in [0.3, 0.4) is 0 Å². The average Bonchev–Trinajstić information content (AvgIpc) is 3.92. The van der Waals surface area contributed by atoms with Crippen molar-refractivity contribution in [1.82, 2.24) is 14.5 Å². The molecule has 3 aliphatic heterocycles. The monoisotopic (exact) mass is 757 g/mol. The Hall–Kier alpha value is -7.02. The van der Waals surface area contributed by atoms with E-state index >= 15 is 0 Å². The standard InChI is InChI=1S/C45H35N5O7/c1-44-45(55,43(54)56-2)23-36(57-44)49-32-17-15-27(47-34(51)19-13-25-9-5-3-6-10-25)21-29(32)38-39-31(24-46-42(39)53)37-30-22-28(16-18-33(30)50(44)41(37)40(38)49)48-35(52)20-14-26-11-7-4-8-12-26/h3-22,36,55H,23-24H2,1-2H3,(H,46,53)(H,47,51)(H,48,52)/b19-13+,20-14+. The van der Waals surface area contributed by atoms with Gasteiger partial charge in [0.1, 0.15) is 6.23 Å². The van der Waals surface area contributed by atoms with Crippen molar-refractivity contribution < 1.29 is 33.8 Å². The summed E-state index contributed by atoms with van der Waals surface area (Å²) >= 11 is 0. The third-order valence-corrected chi connectivity index (χ3v) is 11.5. The molecule has 5 aromatic carbocycles. The average molecular weight is 758 g/mol. The van der Waals surface area contributed by atoms with Gasteiger partial charge in [-0.2, -0.15) is 0 Å². The quantitative estimate of drug-likeness (QED) is 0.101. The molecule has 57 heavy (non-hydrogen) atoms. The van der Waals surface area contributed by atoms with Crippen molar-refractivity contribution >= 4 is 90.8 Å². The number of esters is 1. The molecule has 2 bridgehead atoms. The number of hydrogen-bond acceptors (Lipinski definition) is 7. The van der Waals surface area contributed by atoms with Gasteiger partial charge in [-0.1, -0.05) is 60.7 Å². The molecule has 3 amide bonds. The summed E-state index contributed by atoms with van der Waals surface area (Å²) in [5.41, 5.74) is 2.79. The number of aromatic nitrogens is 2. The van der Waals surface area contributed by atoms with Gasteiger partial charge in [-0.25, -0.2) is 4.79 Å². The van der Waals surface area contributed by atoms with E-state index in [0.29, 0.717) is 55.2 Å². The largest absolute Gasteiger partial charge is 0.467 e. The van der Waals surface area contributed by atoms with Gasteiger partial charge in [0, 0.05) is 58.0 Å². The van der Waals surface area contributed by atoms with E-state index in [1.165, 1.54) is 19.3 Å². The van der Waals surface area contributed by atoms with Crippen molar-refractivity contribution in [3.8, 4) is 0 Å². The highest BCUT2D eigenvalue weighted by Crippen LogP contribution is 2.58. The number of nitrogens with zero attached hydrogens (tertiary/aromatic N) is 2. The fraction of sp³-hybridized carbons (Fsp3) is 0.156. The van der Waals surface area contributed by atoms with Crippen LogP contribution in [0, 0.1) is 0 Å². The van der Waals surface area contributed by atoms with E-state index in [1.54, 1.807) is 31.2 Å².